The summed E-state index contributed by atoms with van der Waals surface area (Å²) in [6, 6.07) is 4.87. The van der Waals surface area contributed by atoms with Gasteiger partial charge in [-0.3, -0.25) is 4.98 Å². The van der Waals surface area contributed by atoms with Gasteiger partial charge in [-0.1, -0.05) is 12.6 Å². The van der Waals surface area contributed by atoms with E-state index in [1.165, 1.54) is 19.2 Å². The third-order valence-electron chi connectivity index (χ3n) is 1.54. The fourth-order valence-electron chi connectivity index (χ4n) is 1.01. The topological polar surface area (TPSA) is 12.9 Å². The Hall–Kier alpha value is -1.51. The Balaban J connectivity index is 3.20. The Labute approximate surface area is 75.4 Å². The number of pyridine rings is 1. The van der Waals surface area contributed by atoms with Gasteiger partial charge in [0.15, 0.2) is 0 Å². The molecule has 0 fully saturated rings. The van der Waals surface area contributed by atoms with Gasteiger partial charge in [-0.05, 0) is 19.1 Å². The van der Waals surface area contributed by atoms with Crippen LogP contribution in [0.5, 0.6) is 0 Å². The lowest BCUT2D eigenvalue weighted by atomic mass is 10.1. The summed E-state index contributed by atoms with van der Waals surface area (Å²) < 4.78 is 25.6. The molecular formula is C10H9F2N. The normalized spacial score (nSPS) is 12.2. The number of hydrogen-bond acceptors (Lipinski definition) is 1. The number of rotatable bonds is 2. The van der Waals surface area contributed by atoms with Crippen LogP contribution in [0.4, 0.5) is 8.78 Å². The number of aromatic nitrogens is 1. The molecule has 0 aliphatic heterocycles. The molecule has 3 heteroatoms. The molecule has 1 rings (SSSR count). The molecule has 0 atom stereocenters. The zero-order valence-electron chi connectivity index (χ0n) is 7.22. The van der Waals surface area contributed by atoms with Crippen molar-refractivity contribution in [1.29, 1.82) is 0 Å². The molecule has 0 amide bonds. The Kier molecular flexibility index (Phi) is 2.90. The monoisotopic (exact) mass is 181 g/mol. The smallest absolute Gasteiger partial charge is 0.128 e. The quantitative estimate of drug-likeness (QED) is 0.638. The molecule has 0 saturated carbocycles. The van der Waals surface area contributed by atoms with E-state index in [-0.39, 0.29) is 11.3 Å². The second kappa shape index (κ2) is 3.94. The summed E-state index contributed by atoms with van der Waals surface area (Å²) in [5, 5.41) is 0. The van der Waals surface area contributed by atoms with Crippen LogP contribution in [0.3, 0.4) is 0 Å². The van der Waals surface area contributed by atoms with E-state index < -0.39 is 11.7 Å². The predicted octanol–water partition coefficient (Wildman–Crippen LogP) is 3.27. The molecule has 0 radical (unpaired) electrons. The highest BCUT2D eigenvalue weighted by Crippen LogP contribution is 2.24. The fourth-order valence-corrected chi connectivity index (χ4v) is 1.01. The van der Waals surface area contributed by atoms with Gasteiger partial charge in [0.2, 0.25) is 0 Å². The fraction of sp³-hybridized carbons (Fsp3) is 0.100. The van der Waals surface area contributed by atoms with Crippen molar-refractivity contribution in [3.8, 4) is 0 Å². The zero-order chi connectivity index (χ0) is 9.84. The average Bonchev–Trinajstić information content (AvgIpc) is 2.04. The van der Waals surface area contributed by atoms with Crippen LogP contribution in [-0.2, 0) is 0 Å². The minimum Gasteiger partial charge on any atom is -0.256 e. The molecule has 1 aromatic rings. The van der Waals surface area contributed by atoms with Gasteiger partial charge in [0, 0.05) is 6.20 Å². The predicted molar refractivity (Wildman–Crippen MR) is 48.2 cm³/mol. The lowest BCUT2D eigenvalue weighted by molar-refractivity contribution is 0.624. The molecule has 13 heavy (non-hydrogen) atoms. The van der Waals surface area contributed by atoms with Crippen LogP contribution in [0.25, 0.3) is 5.57 Å². The van der Waals surface area contributed by atoms with E-state index >= 15 is 0 Å². The maximum absolute atomic E-state index is 12.8. The minimum atomic E-state index is -0.807. The van der Waals surface area contributed by atoms with Crippen LogP contribution in [0, 0.1) is 0 Å². The standard InChI is InChI=1S/C10H9F2N/c1-7(11)10(8(2)12)9-5-3-4-6-13-9/h3-6H,1H2,2H3/b10-8+. The molecule has 0 aliphatic rings. The van der Waals surface area contributed by atoms with Crippen molar-refractivity contribution in [3.05, 3.63) is 48.3 Å². The van der Waals surface area contributed by atoms with Gasteiger partial charge in [0.1, 0.15) is 11.7 Å². The highest BCUT2D eigenvalue weighted by Gasteiger charge is 2.10. The van der Waals surface area contributed by atoms with Gasteiger partial charge < -0.3 is 0 Å². The highest BCUT2D eigenvalue weighted by molar-refractivity contribution is 5.75. The first-order valence-corrected chi connectivity index (χ1v) is 3.75. The second-order valence-corrected chi connectivity index (χ2v) is 2.53. The molecule has 1 heterocycles. The van der Waals surface area contributed by atoms with E-state index in [1.807, 2.05) is 0 Å². The summed E-state index contributed by atoms with van der Waals surface area (Å²) in [5.74, 6) is -1.43. The Morgan fingerprint density at radius 2 is 2.08 bits per heavy atom. The van der Waals surface area contributed by atoms with Crippen LogP contribution in [0.1, 0.15) is 12.6 Å². The summed E-state index contributed by atoms with van der Waals surface area (Å²) in [6.45, 7) is 4.22. The molecule has 0 unspecified atom stereocenters. The summed E-state index contributed by atoms with van der Waals surface area (Å²) in [4.78, 5) is 3.82. The molecule has 0 spiro atoms. The van der Waals surface area contributed by atoms with Crippen molar-refractivity contribution < 1.29 is 8.78 Å². The van der Waals surface area contributed by atoms with Crippen molar-refractivity contribution in [2.75, 3.05) is 0 Å². The van der Waals surface area contributed by atoms with Crippen LogP contribution in [-0.4, -0.2) is 4.98 Å². The summed E-state index contributed by atoms with van der Waals surface area (Å²) >= 11 is 0. The largest absolute Gasteiger partial charge is 0.256 e. The van der Waals surface area contributed by atoms with E-state index in [9.17, 15) is 8.78 Å². The summed E-state index contributed by atoms with van der Waals surface area (Å²) in [6.07, 6.45) is 1.47. The Morgan fingerprint density at radius 1 is 1.38 bits per heavy atom. The zero-order valence-corrected chi connectivity index (χ0v) is 7.22. The second-order valence-electron chi connectivity index (χ2n) is 2.53. The minimum absolute atomic E-state index is 0.166. The molecule has 0 bridgehead atoms. The van der Waals surface area contributed by atoms with Gasteiger partial charge in [-0.2, -0.15) is 0 Å². The lowest BCUT2D eigenvalue weighted by Crippen LogP contribution is -1.90. The summed E-state index contributed by atoms with van der Waals surface area (Å²) in [7, 11) is 0. The third kappa shape index (κ3) is 2.21. The Morgan fingerprint density at radius 3 is 2.46 bits per heavy atom. The molecule has 0 aliphatic carbocycles. The third-order valence-corrected chi connectivity index (χ3v) is 1.54. The van der Waals surface area contributed by atoms with Crippen LogP contribution in [0.2, 0.25) is 0 Å². The van der Waals surface area contributed by atoms with Crippen molar-refractivity contribution in [3.63, 3.8) is 0 Å². The van der Waals surface area contributed by atoms with Crippen molar-refractivity contribution in [2.45, 2.75) is 6.92 Å². The number of hydrogen-bond donors (Lipinski definition) is 0. The molecule has 1 aromatic heterocycles. The SMILES string of the molecule is C=C(F)/C(=C(/C)F)c1ccccn1. The highest BCUT2D eigenvalue weighted by atomic mass is 19.1. The molecule has 0 N–H and O–H groups in total. The van der Waals surface area contributed by atoms with Crippen molar-refractivity contribution in [2.24, 2.45) is 0 Å². The number of halogens is 2. The van der Waals surface area contributed by atoms with Gasteiger partial charge in [-0.25, -0.2) is 8.78 Å². The van der Waals surface area contributed by atoms with Crippen LogP contribution in [0.15, 0.2) is 42.6 Å². The van der Waals surface area contributed by atoms with E-state index in [0.717, 1.165) is 0 Å². The summed E-state index contributed by atoms with van der Waals surface area (Å²) in [5.41, 5.74) is 0.0931. The number of allylic oxidation sites excluding steroid dienone is 3. The molecular weight excluding hydrogens is 172 g/mol. The van der Waals surface area contributed by atoms with Gasteiger partial charge in [0.25, 0.3) is 0 Å². The first kappa shape index (κ1) is 9.58. The first-order valence-electron chi connectivity index (χ1n) is 3.75. The maximum atomic E-state index is 12.8. The maximum Gasteiger partial charge on any atom is 0.128 e. The van der Waals surface area contributed by atoms with Gasteiger partial charge in [-0.15, -0.1) is 0 Å². The molecule has 1 nitrogen and oxygen atoms in total. The van der Waals surface area contributed by atoms with Gasteiger partial charge in [0.05, 0.1) is 11.3 Å². The number of nitrogens with zero attached hydrogens (tertiary/aromatic N) is 1. The Bertz CT molecular complexity index is 337. The lowest BCUT2D eigenvalue weighted by Gasteiger charge is -2.02. The molecule has 0 aromatic carbocycles. The van der Waals surface area contributed by atoms with E-state index in [1.54, 1.807) is 12.1 Å². The first-order chi connectivity index (χ1) is 6.13. The molecule has 0 saturated heterocycles. The van der Waals surface area contributed by atoms with Crippen LogP contribution >= 0.6 is 0 Å². The van der Waals surface area contributed by atoms with Crippen LogP contribution < -0.4 is 0 Å². The van der Waals surface area contributed by atoms with Crippen molar-refractivity contribution in [1.82, 2.24) is 4.98 Å². The van der Waals surface area contributed by atoms with E-state index in [4.69, 9.17) is 0 Å². The molecule has 68 valence electrons. The van der Waals surface area contributed by atoms with E-state index in [2.05, 4.69) is 11.6 Å². The van der Waals surface area contributed by atoms with E-state index in [0.29, 0.717) is 0 Å². The van der Waals surface area contributed by atoms with Crippen molar-refractivity contribution >= 4 is 5.57 Å². The van der Waals surface area contributed by atoms with Gasteiger partial charge >= 0.3 is 0 Å². The average molecular weight is 181 g/mol.